The van der Waals surface area contributed by atoms with Crippen LogP contribution in [0.1, 0.15) is 38.4 Å². The van der Waals surface area contributed by atoms with E-state index in [1.54, 1.807) is 12.1 Å². The van der Waals surface area contributed by atoms with Crippen LogP contribution >= 0.6 is 0 Å². The van der Waals surface area contributed by atoms with E-state index in [1.807, 2.05) is 92.7 Å². The Hall–Kier alpha value is -3.64. The zero-order valence-corrected chi connectivity index (χ0v) is 19.7. The highest BCUT2D eigenvalue weighted by atomic mass is 16.3. The number of imide groups is 1. The van der Waals surface area contributed by atoms with Gasteiger partial charge in [-0.25, -0.2) is 0 Å². The molecule has 0 bridgehead atoms. The number of nitrogens with zero attached hydrogens (tertiary/aromatic N) is 1. The fraction of sp³-hybridized carbons (Fsp3) is 0.286. The summed E-state index contributed by atoms with van der Waals surface area (Å²) < 4.78 is 0. The Morgan fingerprint density at radius 3 is 1.47 bits per heavy atom. The Labute approximate surface area is 201 Å². The summed E-state index contributed by atoms with van der Waals surface area (Å²) in [5, 5.41) is 17.4. The van der Waals surface area contributed by atoms with E-state index in [2.05, 4.69) is 10.6 Å². The van der Waals surface area contributed by atoms with Gasteiger partial charge in [0.25, 0.3) is 11.8 Å². The minimum Gasteiger partial charge on any atom is -0.387 e. The Morgan fingerprint density at radius 2 is 1.09 bits per heavy atom. The van der Waals surface area contributed by atoms with Crippen LogP contribution in [-0.4, -0.2) is 40.4 Å². The second-order valence-corrected chi connectivity index (χ2v) is 8.16. The smallest absolute Gasteiger partial charge is 0.251 e. The molecule has 6 nitrogen and oxygen atoms in total. The molecule has 0 radical (unpaired) electrons. The number of aliphatic hydroxyl groups excluding tert-OH is 1. The molecule has 3 rings (SSSR count). The first kappa shape index (κ1) is 25.0. The lowest BCUT2D eigenvalue weighted by molar-refractivity contribution is -0.147. The quantitative estimate of drug-likeness (QED) is 0.382. The topological polar surface area (TPSA) is 81.7 Å². The van der Waals surface area contributed by atoms with Crippen LogP contribution in [0.3, 0.4) is 0 Å². The second kappa shape index (κ2) is 12.6. The number of benzene rings is 3. The minimum atomic E-state index is -0.988. The molecule has 34 heavy (non-hydrogen) atoms. The van der Waals surface area contributed by atoms with Crippen molar-refractivity contribution in [3.05, 3.63) is 96.6 Å². The number of hydrogen-bond acceptors (Lipinski definition) is 5. The molecule has 0 aliphatic rings. The van der Waals surface area contributed by atoms with E-state index in [1.165, 1.54) is 4.90 Å². The van der Waals surface area contributed by atoms with Crippen LogP contribution in [0.25, 0.3) is 0 Å². The van der Waals surface area contributed by atoms with Gasteiger partial charge in [-0.2, -0.15) is 0 Å². The molecule has 3 N–H and O–H groups in total. The van der Waals surface area contributed by atoms with E-state index in [4.69, 9.17) is 0 Å². The standard InChI is InChI=1S/C28H33N3O3/c1-3-24(29-22-16-10-6-11-17-22)27(33)31(20-26(32)21-14-8-5-9-15-21)28(34)25(4-2)30-23-18-12-7-13-19-23/h5-19,24-26,29-30,32H,3-4,20H2,1-2H3/t24-,25+,26-/m1/s1. The minimum absolute atomic E-state index is 0.123. The number of amides is 2. The third-order valence-corrected chi connectivity index (χ3v) is 5.71. The molecule has 3 aromatic rings. The van der Waals surface area contributed by atoms with Crippen molar-refractivity contribution in [1.29, 1.82) is 0 Å². The normalized spacial score (nSPS) is 13.4. The molecule has 0 saturated heterocycles. The number of para-hydroxylation sites is 2. The van der Waals surface area contributed by atoms with Crippen molar-refractivity contribution in [2.75, 3.05) is 17.2 Å². The van der Waals surface area contributed by atoms with Gasteiger partial charge in [0.15, 0.2) is 0 Å². The summed E-state index contributed by atoms with van der Waals surface area (Å²) >= 11 is 0. The first-order valence-electron chi connectivity index (χ1n) is 11.7. The van der Waals surface area contributed by atoms with Gasteiger partial charge in [-0.15, -0.1) is 0 Å². The number of aliphatic hydroxyl groups is 1. The molecule has 0 aromatic heterocycles. The first-order valence-corrected chi connectivity index (χ1v) is 11.7. The van der Waals surface area contributed by atoms with Crippen LogP contribution in [0.2, 0.25) is 0 Å². The largest absolute Gasteiger partial charge is 0.387 e. The average Bonchev–Trinajstić information content (AvgIpc) is 2.89. The van der Waals surface area contributed by atoms with Gasteiger partial charge in [0.1, 0.15) is 12.1 Å². The lowest BCUT2D eigenvalue weighted by Crippen LogP contribution is -2.52. The fourth-order valence-corrected chi connectivity index (χ4v) is 3.77. The molecule has 178 valence electrons. The lowest BCUT2D eigenvalue weighted by Gasteiger charge is -2.31. The maximum atomic E-state index is 13.7. The molecule has 0 spiro atoms. The van der Waals surface area contributed by atoms with E-state index < -0.39 is 18.2 Å². The Kier molecular flexibility index (Phi) is 9.23. The van der Waals surface area contributed by atoms with Gasteiger partial charge in [-0.1, -0.05) is 80.6 Å². The van der Waals surface area contributed by atoms with Gasteiger partial charge in [-0.05, 0) is 42.7 Å². The monoisotopic (exact) mass is 459 g/mol. The first-order chi connectivity index (χ1) is 16.5. The van der Waals surface area contributed by atoms with Crippen molar-refractivity contribution in [3.8, 4) is 0 Å². The van der Waals surface area contributed by atoms with Crippen molar-refractivity contribution in [2.45, 2.75) is 44.9 Å². The van der Waals surface area contributed by atoms with E-state index >= 15 is 0 Å². The van der Waals surface area contributed by atoms with Crippen LogP contribution < -0.4 is 10.6 Å². The zero-order valence-electron chi connectivity index (χ0n) is 19.7. The highest BCUT2D eigenvalue weighted by molar-refractivity contribution is 6.02. The Balaban J connectivity index is 1.86. The van der Waals surface area contributed by atoms with Gasteiger partial charge in [0.05, 0.1) is 12.6 Å². The van der Waals surface area contributed by atoms with Gasteiger partial charge in [0, 0.05) is 11.4 Å². The lowest BCUT2D eigenvalue weighted by atomic mass is 10.1. The molecule has 0 aliphatic carbocycles. The highest BCUT2D eigenvalue weighted by Gasteiger charge is 2.33. The predicted octanol–water partition coefficient (Wildman–Crippen LogP) is 4.86. The van der Waals surface area contributed by atoms with E-state index in [0.717, 1.165) is 11.4 Å². The van der Waals surface area contributed by atoms with Crippen LogP contribution in [-0.2, 0) is 9.59 Å². The third-order valence-electron chi connectivity index (χ3n) is 5.71. The molecule has 3 atom stereocenters. The van der Waals surface area contributed by atoms with Crippen molar-refractivity contribution in [3.63, 3.8) is 0 Å². The van der Waals surface area contributed by atoms with Crippen molar-refractivity contribution in [1.82, 2.24) is 4.90 Å². The summed E-state index contributed by atoms with van der Waals surface area (Å²) in [5.74, 6) is -0.723. The van der Waals surface area contributed by atoms with Crippen molar-refractivity contribution < 1.29 is 14.7 Å². The van der Waals surface area contributed by atoms with Crippen LogP contribution in [0.5, 0.6) is 0 Å². The summed E-state index contributed by atoms with van der Waals surface area (Å²) in [6.45, 7) is 3.67. The molecule has 3 aromatic carbocycles. The molecule has 0 saturated carbocycles. The molecule has 0 unspecified atom stereocenters. The second-order valence-electron chi connectivity index (χ2n) is 8.16. The van der Waals surface area contributed by atoms with Gasteiger partial charge in [-0.3, -0.25) is 14.5 Å². The molecule has 0 fully saturated rings. The number of rotatable bonds is 11. The summed E-state index contributed by atoms with van der Waals surface area (Å²) in [5.41, 5.74) is 2.25. The number of anilines is 2. The summed E-state index contributed by atoms with van der Waals surface area (Å²) in [7, 11) is 0. The fourth-order valence-electron chi connectivity index (χ4n) is 3.77. The Bertz CT molecular complexity index is 967. The highest BCUT2D eigenvalue weighted by Crippen LogP contribution is 2.19. The maximum absolute atomic E-state index is 13.7. The van der Waals surface area contributed by atoms with E-state index in [-0.39, 0.29) is 18.4 Å². The summed E-state index contributed by atoms with van der Waals surface area (Å²) in [4.78, 5) is 28.5. The van der Waals surface area contributed by atoms with Crippen LogP contribution in [0, 0.1) is 0 Å². The third kappa shape index (κ3) is 6.68. The predicted molar refractivity (Wildman–Crippen MR) is 136 cm³/mol. The Morgan fingerprint density at radius 1 is 0.706 bits per heavy atom. The SMILES string of the molecule is CC[C@H](Nc1ccccc1)C(=O)N(C[C@@H](O)c1ccccc1)C(=O)[C@@H](CC)Nc1ccccc1. The van der Waals surface area contributed by atoms with E-state index in [0.29, 0.717) is 18.4 Å². The molecule has 0 aliphatic heterocycles. The molecule has 6 heteroatoms. The van der Waals surface area contributed by atoms with Crippen LogP contribution in [0.15, 0.2) is 91.0 Å². The molecule has 0 heterocycles. The van der Waals surface area contributed by atoms with Gasteiger partial charge >= 0.3 is 0 Å². The summed E-state index contributed by atoms with van der Waals surface area (Å²) in [6.07, 6.45) is -0.0125. The van der Waals surface area contributed by atoms with Crippen molar-refractivity contribution >= 4 is 23.2 Å². The van der Waals surface area contributed by atoms with E-state index in [9.17, 15) is 14.7 Å². The molecule has 2 amide bonds. The van der Waals surface area contributed by atoms with Gasteiger partial charge in [0.2, 0.25) is 0 Å². The number of hydrogen-bond donors (Lipinski definition) is 3. The number of carbonyl (C=O) groups excluding carboxylic acids is 2. The average molecular weight is 460 g/mol. The van der Waals surface area contributed by atoms with Gasteiger partial charge < -0.3 is 15.7 Å². The number of carbonyl (C=O) groups is 2. The number of nitrogens with one attached hydrogen (secondary N) is 2. The molecular weight excluding hydrogens is 426 g/mol. The van der Waals surface area contributed by atoms with Crippen LogP contribution in [0.4, 0.5) is 11.4 Å². The molecular formula is C28H33N3O3. The van der Waals surface area contributed by atoms with Crippen molar-refractivity contribution in [2.24, 2.45) is 0 Å². The zero-order chi connectivity index (χ0) is 24.3. The summed E-state index contributed by atoms with van der Waals surface area (Å²) in [6, 6.07) is 26.8. The maximum Gasteiger partial charge on any atom is 0.251 e.